The second-order valence-electron chi connectivity index (χ2n) is 4.80. The number of imidazole rings is 1. The van der Waals surface area contributed by atoms with Crippen molar-refractivity contribution in [1.29, 1.82) is 0 Å². The Bertz CT molecular complexity index is 888. The molecule has 7 heteroatoms. The summed E-state index contributed by atoms with van der Waals surface area (Å²) < 4.78 is 0. The van der Waals surface area contributed by atoms with Gasteiger partial charge in [-0.3, -0.25) is 4.79 Å². The number of benzene rings is 2. The first-order valence-corrected chi connectivity index (χ1v) is 7.70. The summed E-state index contributed by atoms with van der Waals surface area (Å²) in [5.74, 6) is -0.604. The topological polar surface area (TPSA) is 71.8 Å². The zero-order chi connectivity index (χ0) is 16.6. The third kappa shape index (κ3) is 3.20. The molecule has 4 nitrogen and oxygen atoms in total. The molecular formula is C16H10Cl3N3O. The maximum atomic E-state index is 11.5. The Kier molecular flexibility index (Phi) is 4.31. The quantitative estimate of drug-likeness (QED) is 0.698. The number of carbonyl (C=O) groups excluding carboxylic acids is 1. The monoisotopic (exact) mass is 365 g/mol. The Hall–Kier alpha value is -2.01. The minimum absolute atomic E-state index is 0.0518. The molecule has 3 aromatic rings. The number of aromatic nitrogens is 2. The average Bonchev–Trinajstić information content (AvgIpc) is 2.93. The molecule has 0 aliphatic carbocycles. The van der Waals surface area contributed by atoms with Crippen molar-refractivity contribution >= 4 is 40.7 Å². The summed E-state index contributed by atoms with van der Waals surface area (Å²) in [6.07, 6.45) is 0. The number of hydrogen-bond donors (Lipinski definition) is 2. The molecule has 3 rings (SSSR count). The average molecular weight is 367 g/mol. The molecule has 0 spiro atoms. The molecule has 3 N–H and O–H groups in total. The summed E-state index contributed by atoms with van der Waals surface area (Å²) >= 11 is 18.1. The van der Waals surface area contributed by atoms with E-state index < -0.39 is 5.91 Å². The van der Waals surface area contributed by atoms with Gasteiger partial charge in [0, 0.05) is 21.2 Å². The third-order valence-corrected chi connectivity index (χ3v) is 4.06. The smallest absolute Gasteiger partial charge is 0.284 e. The van der Waals surface area contributed by atoms with Gasteiger partial charge in [-0.2, -0.15) is 0 Å². The number of aromatic amines is 1. The predicted molar refractivity (Wildman–Crippen MR) is 93.0 cm³/mol. The fourth-order valence-electron chi connectivity index (χ4n) is 2.19. The lowest BCUT2D eigenvalue weighted by Gasteiger charge is -2.06. The van der Waals surface area contributed by atoms with Crippen LogP contribution in [0.15, 0.2) is 42.5 Å². The Morgan fingerprint density at radius 3 is 2.26 bits per heavy atom. The number of primary amides is 1. The first-order valence-electron chi connectivity index (χ1n) is 6.57. The molecule has 0 unspecified atom stereocenters. The fraction of sp³-hybridized carbons (Fsp3) is 0. The number of carbonyl (C=O) groups is 1. The van der Waals surface area contributed by atoms with E-state index in [2.05, 4.69) is 9.97 Å². The van der Waals surface area contributed by atoms with Crippen LogP contribution < -0.4 is 5.73 Å². The second-order valence-corrected chi connectivity index (χ2v) is 6.08. The van der Waals surface area contributed by atoms with Gasteiger partial charge >= 0.3 is 0 Å². The van der Waals surface area contributed by atoms with Gasteiger partial charge in [-0.15, -0.1) is 0 Å². The van der Waals surface area contributed by atoms with Gasteiger partial charge in [-0.1, -0.05) is 46.9 Å². The number of halogens is 3. The van der Waals surface area contributed by atoms with E-state index >= 15 is 0 Å². The summed E-state index contributed by atoms with van der Waals surface area (Å²) in [7, 11) is 0. The van der Waals surface area contributed by atoms with Crippen molar-refractivity contribution in [1.82, 2.24) is 9.97 Å². The van der Waals surface area contributed by atoms with E-state index in [4.69, 9.17) is 40.5 Å². The molecular weight excluding hydrogens is 357 g/mol. The number of H-pyrrole nitrogens is 1. The summed E-state index contributed by atoms with van der Waals surface area (Å²) in [6.45, 7) is 0. The molecule has 1 aromatic heterocycles. The van der Waals surface area contributed by atoms with Gasteiger partial charge in [0.2, 0.25) is 0 Å². The summed E-state index contributed by atoms with van der Waals surface area (Å²) in [5, 5.41) is 1.55. The van der Waals surface area contributed by atoms with E-state index in [0.717, 1.165) is 5.56 Å². The highest BCUT2D eigenvalue weighted by Crippen LogP contribution is 2.35. The number of amides is 1. The van der Waals surface area contributed by atoms with E-state index in [1.54, 1.807) is 42.5 Å². The SMILES string of the molecule is NC(=O)c1nc(-c2ccc(Cl)cc2)c(-c2ccc(Cl)cc2Cl)[nH]1. The zero-order valence-corrected chi connectivity index (χ0v) is 13.9. The maximum absolute atomic E-state index is 11.5. The predicted octanol–water partition coefficient (Wildman–Crippen LogP) is 4.80. The number of hydrogen-bond acceptors (Lipinski definition) is 2. The van der Waals surface area contributed by atoms with Crippen LogP contribution in [0.1, 0.15) is 10.6 Å². The third-order valence-electron chi connectivity index (χ3n) is 3.26. The highest BCUT2D eigenvalue weighted by atomic mass is 35.5. The van der Waals surface area contributed by atoms with Gasteiger partial charge in [0.05, 0.1) is 16.4 Å². The lowest BCUT2D eigenvalue weighted by molar-refractivity contribution is 0.0991. The van der Waals surface area contributed by atoms with E-state index in [0.29, 0.717) is 32.0 Å². The van der Waals surface area contributed by atoms with Crippen molar-refractivity contribution in [2.75, 3.05) is 0 Å². The van der Waals surface area contributed by atoms with Crippen molar-refractivity contribution in [2.45, 2.75) is 0 Å². The van der Waals surface area contributed by atoms with Crippen LogP contribution in [-0.4, -0.2) is 15.9 Å². The molecule has 0 saturated carbocycles. The van der Waals surface area contributed by atoms with Gasteiger partial charge in [0.15, 0.2) is 5.82 Å². The van der Waals surface area contributed by atoms with Crippen molar-refractivity contribution < 1.29 is 4.79 Å². The maximum Gasteiger partial charge on any atom is 0.284 e. The molecule has 0 bridgehead atoms. The minimum atomic E-state index is -0.656. The van der Waals surface area contributed by atoms with Crippen LogP contribution in [0.2, 0.25) is 15.1 Å². The molecule has 0 saturated heterocycles. The molecule has 0 aliphatic heterocycles. The van der Waals surface area contributed by atoms with Gasteiger partial charge in [-0.25, -0.2) is 4.98 Å². The molecule has 1 amide bonds. The number of nitrogens with two attached hydrogens (primary N) is 1. The van der Waals surface area contributed by atoms with Gasteiger partial charge in [-0.05, 0) is 30.3 Å². The molecule has 1 heterocycles. The second kappa shape index (κ2) is 6.24. The van der Waals surface area contributed by atoms with Crippen molar-refractivity contribution in [3.63, 3.8) is 0 Å². The van der Waals surface area contributed by atoms with Crippen LogP contribution in [0.25, 0.3) is 22.5 Å². The van der Waals surface area contributed by atoms with Gasteiger partial charge < -0.3 is 10.7 Å². The summed E-state index contributed by atoms with van der Waals surface area (Å²) in [4.78, 5) is 18.7. The molecule has 0 fully saturated rings. The normalized spacial score (nSPS) is 10.7. The highest BCUT2D eigenvalue weighted by molar-refractivity contribution is 6.36. The van der Waals surface area contributed by atoms with Crippen LogP contribution in [0, 0.1) is 0 Å². The van der Waals surface area contributed by atoms with Crippen molar-refractivity contribution in [3.05, 3.63) is 63.4 Å². The lowest BCUT2D eigenvalue weighted by Crippen LogP contribution is -2.12. The molecule has 23 heavy (non-hydrogen) atoms. The first kappa shape index (κ1) is 15.9. The van der Waals surface area contributed by atoms with Crippen LogP contribution in [0.4, 0.5) is 0 Å². The number of nitrogens with one attached hydrogen (secondary N) is 1. The summed E-state index contributed by atoms with van der Waals surface area (Å²) in [5.41, 5.74) is 7.92. The Labute approximate surface area is 147 Å². The Morgan fingerprint density at radius 2 is 1.65 bits per heavy atom. The molecule has 116 valence electrons. The van der Waals surface area contributed by atoms with E-state index in [1.165, 1.54) is 0 Å². The molecule has 0 aliphatic rings. The van der Waals surface area contributed by atoms with E-state index in [1.807, 2.05) is 0 Å². The standard InChI is InChI=1S/C16H10Cl3N3O/c17-9-3-1-8(2-4-9)13-14(22-16(21-13)15(20)23)11-6-5-10(18)7-12(11)19/h1-7H,(H2,20,23)(H,21,22). The van der Waals surface area contributed by atoms with Crippen LogP contribution in [0.5, 0.6) is 0 Å². The van der Waals surface area contributed by atoms with Crippen molar-refractivity contribution in [3.8, 4) is 22.5 Å². The van der Waals surface area contributed by atoms with Gasteiger partial charge in [0.25, 0.3) is 5.91 Å². The molecule has 0 radical (unpaired) electrons. The summed E-state index contributed by atoms with van der Waals surface area (Å²) in [6, 6.07) is 12.2. The molecule has 0 atom stereocenters. The van der Waals surface area contributed by atoms with E-state index in [9.17, 15) is 4.79 Å². The van der Waals surface area contributed by atoms with Gasteiger partial charge in [0.1, 0.15) is 0 Å². The van der Waals surface area contributed by atoms with Crippen LogP contribution in [0.3, 0.4) is 0 Å². The Balaban J connectivity index is 2.22. The largest absolute Gasteiger partial charge is 0.363 e. The lowest BCUT2D eigenvalue weighted by atomic mass is 10.1. The number of nitrogens with zero attached hydrogens (tertiary/aromatic N) is 1. The minimum Gasteiger partial charge on any atom is -0.363 e. The zero-order valence-electron chi connectivity index (χ0n) is 11.6. The number of rotatable bonds is 3. The highest BCUT2D eigenvalue weighted by Gasteiger charge is 2.18. The fourth-order valence-corrected chi connectivity index (χ4v) is 2.82. The van der Waals surface area contributed by atoms with Crippen LogP contribution in [-0.2, 0) is 0 Å². The Morgan fingerprint density at radius 1 is 1.00 bits per heavy atom. The molecule has 2 aromatic carbocycles. The van der Waals surface area contributed by atoms with E-state index in [-0.39, 0.29) is 5.82 Å². The van der Waals surface area contributed by atoms with Crippen molar-refractivity contribution in [2.24, 2.45) is 5.73 Å². The first-order chi connectivity index (χ1) is 11.0. The van der Waals surface area contributed by atoms with Crippen LogP contribution >= 0.6 is 34.8 Å².